The zero-order valence-corrected chi connectivity index (χ0v) is 16.8. The number of nitrogens with zero attached hydrogens (tertiary/aromatic N) is 1. The summed E-state index contributed by atoms with van der Waals surface area (Å²) in [5, 5.41) is 5.93. The molecule has 0 radical (unpaired) electrons. The van der Waals surface area contributed by atoms with Gasteiger partial charge in [0, 0.05) is 22.0 Å². The third-order valence-electron chi connectivity index (χ3n) is 4.64. The number of carbonyl (C=O) groups excluding carboxylic acids is 2. The maximum atomic E-state index is 12.3. The van der Waals surface area contributed by atoms with Gasteiger partial charge in [-0.2, -0.15) is 0 Å². The van der Waals surface area contributed by atoms with Gasteiger partial charge in [-0.15, -0.1) is 11.3 Å². The van der Waals surface area contributed by atoms with Crippen LogP contribution in [-0.2, 0) is 9.53 Å². The number of thiazole rings is 1. The first kappa shape index (κ1) is 19.8. The Kier molecular flexibility index (Phi) is 6.85. The van der Waals surface area contributed by atoms with Crippen LogP contribution in [0.3, 0.4) is 0 Å². The van der Waals surface area contributed by atoms with Gasteiger partial charge in [-0.05, 0) is 31.9 Å². The number of halogens is 1. The lowest BCUT2D eigenvalue weighted by Crippen LogP contribution is -2.41. The molecular formula is C20H23ClN2O3S. The minimum atomic E-state index is -0.850. The molecule has 1 aromatic heterocycles. The Labute approximate surface area is 168 Å². The number of hydrogen-bond acceptors (Lipinski definition) is 5. The Hall–Kier alpha value is -1.92. The van der Waals surface area contributed by atoms with Crippen molar-refractivity contribution in [2.45, 2.75) is 57.6 Å². The number of aromatic nitrogens is 1. The summed E-state index contributed by atoms with van der Waals surface area (Å²) in [6.07, 6.45) is 5.82. The van der Waals surface area contributed by atoms with Crippen LogP contribution in [0.15, 0.2) is 29.6 Å². The summed E-state index contributed by atoms with van der Waals surface area (Å²) in [5.41, 5.74) is 1.04. The molecule has 1 saturated carbocycles. The van der Waals surface area contributed by atoms with Crippen LogP contribution in [0.5, 0.6) is 0 Å². The Balaban J connectivity index is 1.57. The van der Waals surface area contributed by atoms with E-state index in [-0.39, 0.29) is 17.6 Å². The van der Waals surface area contributed by atoms with Crippen LogP contribution in [0.1, 0.15) is 55.9 Å². The number of rotatable bonds is 5. The minimum absolute atomic E-state index is 0.176. The number of hydrogen-bond donors (Lipinski definition) is 1. The molecule has 1 aromatic carbocycles. The van der Waals surface area contributed by atoms with E-state index in [0.717, 1.165) is 31.2 Å². The first-order chi connectivity index (χ1) is 13.0. The van der Waals surface area contributed by atoms with Crippen LogP contribution >= 0.6 is 22.9 Å². The number of carbonyl (C=O) groups is 2. The quantitative estimate of drug-likeness (QED) is 0.569. The Bertz CT molecular complexity index is 800. The van der Waals surface area contributed by atoms with Crippen molar-refractivity contribution in [2.24, 2.45) is 0 Å². The molecule has 0 saturated heterocycles. The summed E-state index contributed by atoms with van der Waals surface area (Å²) < 4.78 is 5.31. The molecular weight excluding hydrogens is 384 g/mol. The molecule has 7 heteroatoms. The van der Waals surface area contributed by atoms with E-state index >= 15 is 0 Å². The lowest BCUT2D eigenvalue weighted by molar-refractivity contribution is -0.129. The van der Waals surface area contributed by atoms with Gasteiger partial charge in [0.05, 0.1) is 0 Å². The maximum absolute atomic E-state index is 12.3. The summed E-state index contributed by atoms with van der Waals surface area (Å²) >= 11 is 7.33. The van der Waals surface area contributed by atoms with Gasteiger partial charge < -0.3 is 10.1 Å². The van der Waals surface area contributed by atoms with E-state index in [9.17, 15) is 9.59 Å². The zero-order chi connectivity index (χ0) is 19.2. The van der Waals surface area contributed by atoms with Gasteiger partial charge in [0.2, 0.25) is 0 Å². The number of amides is 1. The smallest absolute Gasteiger partial charge is 0.358 e. The van der Waals surface area contributed by atoms with Crippen LogP contribution in [0.2, 0.25) is 5.02 Å². The zero-order valence-electron chi connectivity index (χ0n) is 15.2. The van der Waals surface area contributed by atoms with Gasteiger partial charge in [-0.1, -0.05) is 49.4 Å². The van der Waals surface area contributed by atoms with Crippen molar-refractivity contribution in [3.8, 4) is 10.6 Å². The molecule has 1 aliphatic rings. The molecule has 0 aliphatic heterocycles. The van der Waals surface area contributed by atoms with Crippen molar-refractivity contribution < 1.29 is 14.3 Å². The number of nitrogens with one attached hydrogen (secondary N) is 1. The summed E-state index contributed by atoms with van der Waals surface area (Å²) in [5.74, 6) is -0.844. The molecule has 2 aromatic rings. The van der Waals surface area contributed by atoms with E-state index in [1.165, 1.54) is 24.2 Å². The van der Waals surface area contributed by atoms with Crippen LogP contribution < -0.4 is 5.32 Å². The maximum Gasteiger partial charge on any atom is 0.358 e. The predicted molar refractivity (Wildman–Crippen MR) is 107 cm³/mol. The predicted octanol–water partition coefficient (Wildman–Crippen LogP) is 4.85. The van der Waals surface area contributed by atoms with Crippen molar-refractivity contribution >= 4 is 34.8 Å². The van der Waals surface area contributed by atoms with Gasteiger partial charge in [0.1, 0.15) is 5.01 Å². The van der Waals surface area contributed by atoms with Crippen LogP contribution in [0.25, 0.3) is 10.6 Å². The van der Waals surface area contributed by atoms with Crippen LogP contribution in [0.4, 0.5) is 0 Å². The average molecular weight is 407 g/mol. The number of ether oxygens (including phenoxy) is 1. The summed E-state index contributed by atoms with van der Waals surface area (Å²) in [4.78, 5) is 29.0. The normalized spacial score (nSPS) is 16.4. The first-order valence-corrected chi connectivity index (χ1v) is 10.5. The Morgan fingerprint density at radius 2 is 2.00 bits per heavy atom. The highest BCUT2D eigenvalue weighted by Crippen LogP contribution is 2.26. The highest BCUT2D eigenvalue weighted by Gasteiger charge is 2.23. The first-order valence-electron chi connectivity index (χ1n) is 9.26. The summed E-state index contributed by atoms with van der Waals surface area (Å²) in [7, 11) is 0. The third-order valence-corrected chi connectivity index (χ3v) is 5.77. The van der Waals surface area contributed by atoms with Gasteiger partial charge in [-0.3, -0.25) is 4.79 Å². The second-order valence-electron chi connectivity index (χ2n) is 6.79. The van der Waals surface area contributed by atoms with Crippen molar-refractivity contribution in [1.82, 2.24) is 10.3 Å². The molecule has 1 atom stereocenters. The van der Waals surface area contributed by atoms with E-state index in [2.05, 4.69) is 10.3 Å². The van der Waals surface area contributed by atoms with E-state index in [1.54, 1.807) is 24.4 Å². The lowest BCUT2D eigenvalue weighted by atomic mass is 10.1. The molecule has 3 rings (SSSR count). The Morgan fingerprint density at radius 3 is 2.70 bits per heavy atom. The van der Waals surface area contributed by atoms with Crippen LogP contribution in [0, 0.1) is 0 Å². The van der Waals surface area contributed by atoms with Crippen molar-refractivity contribution in [3.05, 3.63) is 40.4 Å². The fraction of sp³-hybridized carbons (Fsp3) is 0.450. The molecule has 0 spiro atoms. The molecule has 0 bridgehead atoms. The van der Waals surface area contributed by atoms with Gasteiger partial charge >= 0.3 is 5.97 Å². The monoisotopic (exact) mass is 406 g/mol. The van der Waals surface area contributed by atoms with Gasteiger partial charge in [0.15, 0.2) is 11.8 Å². The largest absolute Gasteiger partial charge is 0.448 e. The second-order valence-corrected chi connectivity index (χ2v) is 8.09. The topological polar surface area (TPSA) is 68.3 Å². The summed E-state index contributed by atoms with van der Waals surface area (Å²) in [6.45, 7) is 1.59. The van der Waals surface area contributed by atoms with Crippen LogP contribution in [-0.4, -0.2) is 29.0 Å². The van der Waals surface area contributed by atoms with E-state index in [1.807, 2.05) is 12.1 Å². The van der Waals surface area contributed by atoms with E-state index < -0.39 is 12.1 Å². The SMILES string of the molecule is C[C@H](OC(=O)c1csc(-c2cccc(Cl)c2)n1)C(=O)NC1CCCCCC1. The standard InChI is InChI=1S/C20H23ClN2O3S/c1-13(18(24)22-16-9-4-2-3-5-10-16)26-20(25)17-12-27-19(23-17)14-7-6-8-15(21)11-14/h6-8,11-13,16H,2-5,9-10H2,1H3,(H,22,24)/t13-/m0/s1. The summed E-state index contributed by atoms with van der Waals surface area (Å²) in [6, 6.07) is 7.45. The average Bonchev–Trinajstić information content (AvgIpc) is 3.01. The molecule has 0 unspecified atom stereocenters. The Morgan fingerprint density at radius 1 is 1.26 bits per heavy atom. The van der Waals surface area contributed by atoms with Crippen molar-refractivity contribution in [1.29, 1.82) is 0 Å². The van der Waals surface area contributed by atoms with Crippen molar-refractivity contribution in [3.63, 3.8) is 0 Å². The fourth-order valence-electron chi connectivity index (χ4n) is 3.14. The molecule has 5 nitrogen and oxygen atoms in total. The molecule has 27 heavy (non-hydrogen) atoms. The van der Waals surface area contributed by atoms with E-state index in [4.69, 9.17) is 16.3 Å². The number of benzene rings is 1. The molecule has 1 aliphatic carbocycles. The molecule has 1 heterocycles. The molecule has 1 N–H and O–H groups in total. The minimum Gasteiger partial charge on any atom is -0.448 e. The molecule has 1 amide bonds. The van der Waals surface area contributed by atoms with Crippen molar-refractivity contribution in [2.75, 3.05) is 0 Å². The highest BCUT2D eigenvalue weighted by molar-refractivity contribution is 7.13. The van der Waals surface area contributed by atoms with E-state index in [0.29, 0.717) is 10.0 Å². The highest BCUT2D eigenvalue weighted by atomic mass is 35.5. The third kappa shape index (κ3) is 5.53. The van der Waals surface area contributed by atoms with Gasteiger partial charge in [-0.25, -0.2) is 9.78 Å². The molecule has 1 fully saturated rings. The lowest BCUT2D eigenvalue weighted by Gasteiger charge is -2.19. The second kappa shape index (κ2) is 9.33. The number of esters is 1. The molecule has 144 valence electrons. The van der Waals surface area contributed by atoms with Gasteiger partial charge in [0.25, 0.3) is 5.91 Å². The fourth-order valence-corrected chi connectivity index (χ4v) is 4.11.